The Bertz CT molecular complexity index is 1280. The summed E-state index contributed by atoms with van der Waals surface area (Å²) < 4.78 is 1.67. The van der Waals surface area contributed by atoms with Crippen molar-refractivity contribution in [2.45, 2.75) is 32.0 Å². The Balaban J connectivity index is 1.54. The first-order chi connectivity index (χ1) is 14.9. The molecule has 4 aromatic rings. The van der Waals surface area contributed by atoms with Crippen LogP contribution < -0.4 is 10.6 Å². The zero-order valence-electron chi connectivity index (χ0n) is 17.4. The van der Waals surface area contributed by atoms with Crippen molar-refractivity contribution in [2.24, 2.45) is 0 Å². The van der Waals surface area contributed by atoms with E-state index in [2.05, 4.69) is 25.7 Å². The fraction of sp³-hybridized carbons (Fsp3) is 0.227. The monoisotopic (exact) mass is 434 g/mol. The number of aromatic nitrogens is 4. The van der Waals surface area contributed by atoms with E-state index in [0.717, 1.165) is 10.9 Å². The number of hydrogen-bond donors (Lipinski definition) is 2. The van der Waals surface area contributed by atoms with Crippen molar-refractivity contribution in [3.05, 3.63) is 59.9 Å². The summed E-state index contributed by atoms with van der Waals surface area (Å²) in [6, 6.07) is 14.6. The van der Waals surface area contributed by atoms with Gasteiger partial charge in [0, 0.05) is 11.4 Å². The van der Waals surface area contributed by atoms with Crippen molar-refractivity contribution in [3.8, 4) is 0 Å². The Morgan fingerprint density at radius 3 is 2.61 bits per heavy atom. The summed E-state index contributed by atoms with van der Waals surface area (Å²) in [7, 11) is 0. The summed E-state index contributed by atoms with van der Waals surface area (Å²) in [6.45, 7) is 5.60. The predicted molar refractivity (Wildman–Crippen MR) is 121 cm³/mol. The number of nitrogens with one attached hydrogen (secondary N) is 2. The molecule has 0 radical (unpaired) electrons. The summed E-state index contributed by atoms with van der Waals surface area (Å²) in [4.78, 5) is 34.2. The summed E-state index contributed by atoms with van der Waals surface area (Å²) in [5.41, 5.74) is 2.40. The predicted octanol–water partition coefficient (Wildman–Crippen LogP) is 3.45. The highest BCUT2D eigenvalue weighted by Crippen LogP contribution is 2.24. The number of para-hydroxylation sites is 2. The fourth-order valence-corrected chi connectivity index (χ4v) is 3.92. The van der Waals surface area contributed by atoms with Gasteiger partial charge in [0.05, 0.1) is 22.5 Å². The molecule has 0 saturated heterocycles. The molecule has 0 aliphatic heterocycles. The molecular weight excluding hydrogens is 412 g/mol. The molecule has 0 bridgehead atoms. The van der Waals surface area contributed by atoms with Gasteiger partial charge in [-0.05, 0) is 45.0 Å². The summed E-state index contributed by atoms with van der Waals surface area (Å²) in [6.07, 6.45) is 0. The van der Waals surface area contributed by atoms with Crippen LogP contribution in [-0.4, -0.2) is 43.2 Å². The second kappa shape index (κ2) is 8.73. The number of anilines is 1. The molecule has 0 spiro atoms. The van der Waals surface area contributed by atoms with Gasteiger partial charge in [-0.2, -0.15) is 4.52 Å². The van der Waals surface area contributed by atoms with Gasteiger partial charge in [-0.25, -0.2) is 9.97 Å². The second-order valence-corrected chi connectivity index (χ2v) is 8.26. The molecule has 2 aromatic heterocycles. The van der Waals surface area contributed by atoms with Crippen LogP contribution in [0.5, 0.6) is 0 Å². The minimum absolute atomic E-state index is 0.000614. The molecule has 0 fully saturated rings. The maximum Gasteiger partial charge on any atom is 0.253 e. The Labute approximate surface area is 183 Å². The number of fused-ring (bicyclic) bond motifs is 3. The van der Waals surface area contributed by atoms with Crippen LogP contribution in [-0.2, 0) is 4.79 Å². The first-order valence-electron chi connectivity index (χ1n) is 9.87. The number of carbonyl (C=O) groups is 2. The van der Waals surface area contributed by atoms with Crippen LogP contribution in [0.4, 0.5) is 5.69 Å². The molecule has 0 aliphatic carbocycles. The van der Waals surface area contributed by atoms with Crippen molar-refractivity contribution in [3.63, 3.8) is 0 Å². The van der Waals surface area contributed by atoms with E-state index in [1.54, 1.807) is 28.8 Å². The van der Waals surface area contributed by atoms with Crippen LogP contribution in [0.3, 0.4) is 0 Å². The van der Waals surface area contributed by atoms with E-state index in [4.69, 9.17) is 0 Å². The Hall–Kier alpha value is -3.46. The highest BCUT2D eigenvalue weighted by molar-refractivity contribution is 7.99. The molecule has 2 N–H and O–H groups in total. The van der Waals surface area contributed by atoms with Gasteiger partial charge >= 0.3 is 0 Å². The van der Waals surface area contributed by atoms with Crippen molar-refractivity contribution < 1.29 is 9.59 Å². The van der Waals surface area contributed by atoms with Gasteiger partial charge in [0.25, 0.3) is 5.91 Å². The van der Waals surface area contributed by atoms with Crippen molar-refractivity contribution in [1.82, 2.24) is 24.9 Å². The molecule has 0 saturated carbocycles. The van der Waals surface area contributed by atoms with Crippen LogP contribution in [0.25, 0.3) is 16.6 Å². The number of benzene rings is 2. The van der Waals surface area contributed by atoms with Crippen LogP contribution >= 0.6 is 11.8 Å². The zero-order valence-corrected chi connectivity index (χ0v) is 18.2. The topological polar surface area (TPSA) is 101 Å². The standard InChI is InChI=1S/C22H22N6O2S/c1-13(2)23-21(30)16-9-5-7-11-18(16)25-19(29)12-31-22-26-17-10-6-4-8-15(17)20-24-14(3)27-28(20)22/h4-11,13H,12H2,1-3H3,(H,23,30)(H,25,29). The largest absolute Gasteiger partial charge is 0.350 e. The normalized spacial score (nSPS) is 11.2. The molecule has 2 aromatic carbocycles. The SMILES string of the molecule is Cc1nc2c3ccccc3nc(SCC(=O)Nc3ccccc3C(=O)NC(C)C)n2n1. The number of rotatable bonds is 6. The third-order valence-electron chi connectivity index (χ3n) is 4.45. The third kappa shape index (κ3) is 4.51. The maximum atomic E-state index is 12.7. The van der Waals surface area contributed by atoms with Gasteiger partial charge in [-0.15, -0.1) is 5.10 Å². The maximum absolute atomic E-state index is 12.7. The third-order valence-corrected chi connectivity index (χ3v) is 5.38. The highest BCUT2D eigenvalue weighted by atomic mass is 32.2. The lowest BCUT2D eigenvalue weighted by Crippen LogP contribution is -2.31. The molecule has 4 rings (SSSR count). The minimum Gasteiger partial charge on any atom is -0.350 e. The summed E-state index contributed by atoms with van der Waals surface area (Å²) in [5, 5.41) is 11.6. The number of aryl methyl sites for hydroxylation is 1. The molecule has 9 heteroatoms. The average molecular weight is 435 g/mol. The van der Waals surface area contributed by atoms with E-state index >= 15 is 0 Å². The molecule has 0 unspecified atom stereocenters. The van der Waals surface area contributed by atoms with Crippen LogP contribution in [0.1, 0.15) is 30.0 Å². The van der Waals surface area contributed by atoms with E-state index in [1.807, 2.05) is 45.0 Å². The number of carbonyl (C=O) groups excluding carboxylic acids is 2. The Morgan fingerprint density at radius 1 is 1.06 bits per heavy atom. The molecule has 158 valence electrons. The van der Waals surface area contributed by atoms with Gasteiger partial charge < -0.3 is 10.6 Å². The summed E-state index contributed by atoms with van der Waals surface area (Å²) in [5.74, 6) is 0.276. The van der Waals surface area contributed by atoms with Crippen LogP contribution in [0, 0.1) is 6.92 Å². The lowest BCUT2D eigenvalue weighted by molar-refractivity contribution is -0.113. The smallest absolute Gasteiger partial charge is 0.253 e. The Morgan fingerprint density at radius 2 is 1.81 bits per heavy atom. The van der Waals surface area contributed by atoms with E-state index < -0.39 is 0 Å². The van der Waals surface area contributed by atoms with Crippen LogP contribution in [0.15, 0.2) is 53.7 Å². The van der Waals surface area contributed by atoms with Gasteiger partial charge in [-0.1, -0.05) is 36.0 Å². The van der Waals surface area contributed by atoms with Gasteiger partial charge in [0.1, 0.15) is 5.82 Å². The molecule has 2 amide bonds. The fourth-order valence-electron chi connectivity index (χ4n) is 3.17. The van der Waals surface area contributed by atoms with E-state index in [0.29, 0.717) is 27.9 Å². The van der Waals surface area contributed by atoms with Crippen molar-refractivity contribution >= 4 is 45.8 Å². The molecule has 0 atom stereocenters. The molecule has 31 heavy (non-hydrogen) atoms. The highest BCUT2D eigenvalue weighted by Gasteiger charge is 2.16. The Kier molecular flexibility index (Phi) is 5.85. The first-order valence-corrected chi connectivity index (χ1v) is 10.9. The van der Waals surface area contributed by atoms with E-state index in [9.17, 15) is 9.59 Å². The quantitative estimate of drug-likeness (QED) is 0.356. The molecule has 2 heterocycles. The lowest BCUT2D eigenvalue weighted by atomic mass is 10.1. The number of thioether (sulfide) groups is 1. The van der Waals surface area contributed by atoms with Crippen molar-refractivity contribution in [2.75, 3.05) is 11.1 Å². The first kappa shape index (κ1) is 20.8. The van der Waals surface area contributed by atoms with E-state index in [1.165, 1.54) is 11.8 Å². The lowest BCUT2D eigenvalue weighted by Gasteiger charge is -2.13. The van der Waals surface area contributed by atoms with E-state index in [-0.39, 0.29) is 23.6 Å². The minimum atomic E-state index is -0.241. The van der Waals surface area contributed by atoms with Gasteiger partial charge in [0.15, 0.2) is 10.8 Å². The second-order valence-electron chi connectivity index (χ2n) is 7.32. The summed E-state index contributed by atoms with van der Waals surface area (Å²) >= 11 is 1.27. The number of hydrogen-bond acceptors (Lipinski definition) is 6. The average Bonchev–Trinajstić information content (AvgIpc) is 3.13. The zero-order chi connectivity index (χ0) is 22.0. The van der Waals surface area contributed by atoms with Crippen molar-refractivity contribution in [1.29, 1.82) is 0 Å². The molecular formula is C22H22N6O2S. The van der Waals surface area contributed by atoms with Crippen LogP contribution in [0.2, 0.25) is 0 Å². The number of nitrogens with zero attached hydrogens (tertiary/aromatic N) is 4. The molecule has 0 aliphatic rings. The number of amides is 2. The molecule has 8 nitrogen and oxygen atoms in total. The van der Waals surface area contributed by atoms with Gasteiger partial charge in [-0.3, -0.25) is 9.59 Å². The van der Waals surface area contributed by atoms with Gasteiger partial charge in [0.2, 0.25) is 5.91 Å².